The Hall–Kier alpha value is -3.51. The van der Waals surface area contributed by atoms with Crippen LogP contribution in [0.4, 0.5) is 4.39 Å². The Labute approximate surface area is 238 Å². The Kier molecular flexibility index (Phi) is 7.70. The number of hydrogen-bond acceptors (Lipinski definition) is 8. The van der Waals surface area contributed by atoms with Crippen molar-refractivity contribution in [2.24, 2.45) is 0 Å². The largest absolute Gasteiger partial charge is 0.452 e. The lowest BCUT2D eigenvalue weighted by Gasteiger charge is -2.27. The number of pyridine rings is 1. The van der Waals surface area contributed by atoms with Crippen LogP contribution in [-0.4, -0.2) is 70.5 Å². The summed E-state index contributed by atoms with van der Waals surface area (Å²) in [5.74, 6) is -0.00969. The number of morpholine rings is 1. The van der Waals surface area contributed by atoms with Gasteiger partial charge in [0.05, 0.1) is 34.9 Å². The molecule has 2 aromatic heterocycles. The van der Waals surface area contributed by atoms with Crippen molar-refractivity contribution in [2.45, 2.75) is 11.3 Å². The summed E-state index contributed by atoms with van der Waals surface area (Å²) >= 11 is 7.51. The van der Waals surface area contributed by atoms with E-state index >= 15 is 4.39 Å². The highest BCUT2D eigenvalue weighted by molar-refractivity contribution is 7.99. The number of carbonyl (C=O) groups is 1. The molecular formula is C28H25ClFN5O4S. The summed E-state index contributed by atoms with van der Waals surface area (Å²) in [6.45, 7) is 3.90. The second-order valence-corrected chi connectivity index (χ2v) is 10.9. The first-order chi connectivity index (χ1) is 19.5. The minimum atomic E-state index is -0.606. The first kappa shape index (κ1) is 26.7. The summed E-state index contributed by atoms with van der Waals surface area (Å²) in [6.07, 6.45) is 6.94. The van der Waals surface area contributed by atoms with Crippen LogP contribution in [0.15, 0.2) is 58.7 Å². The maximum Gasteiger partial charge on any atom is 0.256 e. The van der Waals surface area contributed by atoms with Crippen LogP contribution in [0.1, 0.15) is 16.1 Å². The number of rotatable bonds is 8. The van der Waals surface area contributed by atoms with Gasteiger partial charge in [-0.1, -0.05) is 11.6 Å². The second kappa shape index (κ2) is 11.5. The highest BCUT2D eigenvalue weighted by Crippen LogP contribution is 2.46. The van der Waals surface area contributed by atoms with Crippen LogP contribution >= 0.6 is 23.4 Å². The number of thioether (sulfide) groups is 1. The number of nitrogens with zero attached hydrogens (tertiary/aromatic N) is 4. The van der Waals surface area contributed by atoms with E-state index in [1.807, 2.05) is 0 Å². The van der Waals surface area contributed by atoms with Crippen LogP contribution in [0, 0.1) is 5.82 Å². The van der Waals surface area contributed by atoms with Crippen LogP contribution in [0.3, 0.4) is 0 Å². The number of nitrogens with one attached hydrogen (secondary N) is 1. The Morgan fingerprint density at radius 2 is 2.05 bits per heavy atom. The number of ether oxygens (including phenoxy) is 2. The van der Waals surface area contributed by atoms with Gasteiger partial charge in [0.1, 0.15) is 16.9 Å². The molecule has 2 aliphatic rings. The van der Waals surface area contributed by atoms with E-state index < -0.39 is 17.2 Å². The van der Waals surface area contributed by atoms with Crippen molar-refractivity contribution in [2.75, 3.05) is 45.1 Å². The molecule has 1 N–H and O–H groups in total. The highest BCUT2D eigenvalue weighted by atomic mass is 35.5. The number of aromatic nitrogens is 3. The third-order valence-electron chi connectivity index (χ3n) is 6.83. The van der Waals surface area contributed by atoms with Gasteiger partial charge in [0.25, 0.3) is 5.91 Å². The van der Waals surface area contributed by atoms with Gasteiger partial charge in [0.15, 0.2) is 11.5 Å². The van der Waals surface area contributed by atoms with E-state index in [0.29, 0.717) is 60.5 Å². The third-order valence-corrected chi connectivity index (χ3v) is 8.14. The molecule has 4 heterocycles. The van der Waals surface area contributed by atoms with Crippen molar-refractivity contribution in [3.8, 4) is 17.2 Å². The van der Waals surface area contributed by atoms with E-state index in [2.05, 4.69) is 20.2 Å². The fourth-order valence-electron chi connectivity index (χ4n) is 4.83. The summed E-state index contributed by atoms with van der Waals surface area (Å²) in [4.78, 5) is 37.5. The molecule has 1 fully saturated rings. The summed E-state index contributed by atoms with van der Waals surface area (Å²) in [5, 5.41) is 3.34. The van der Waals surface area contributed by atoms with Crippen molar-refractivity contribution in [3.63, 3.8) is 0 Å². The molecule has 0 atom stereocenters. The van der Waals surface area contributed by atoms with Crippen LogP contribution in [0.2, 0.25) is 5.02 Å². The number of benzene rings is 2. The number of halogens is 2. The number of fused-ring (bicyclic) bond motifs is 2. The smallest absolute Gasteiger partial charge is 0.256 e. The zero-order chi connectivity index (χ0) is 27.6. The zero-order valence-electron chi connectivity index (χ0n) is 21.4. The van der Waals surface area contributed by atoms with Gasteiger partial charge in [-0.3, -0.25) is 24.5 Å². The molecule has 4 aromatic rings. The minimum absolute atomic E-state index is 0.0622. The molecule has 1 saturated heterocycles. The SMILES string of the molecule is O=C(NCCN1CCOCC1)c1cn2c3c(c(SCCc4cnccn4)c(F)cc3c1=O)Oc1cc(Cl)ccc1-2. The van der Waals surface area contributed by atoms with E-state index in [9.17, 15) is 9.59 Å². The molecule has 206 valence electrons. The van der Waals surface area contributed by atoms with Gasteiger partial charge in [-0.15, -0.1) is 11.8 Å². The van der Waals surface area contributed by atoms with Crippen LogP contribution in [0.5, 0.6) is 11.5 Å². The number of amides is 1. The maximum absolute atomic E-state index is 15.6. The Balaban J connectivity index is 1.36. The second-order valence-electron chi connectivity index (χ2n) is 9.37. The normalized spacial score (nSPS) is 14.6. The van der Waals surface area contributed by atoms with E-state index in [0.717, 1.165) is 18.8 Å². The summed E-state index contributed by atoms with van der Waals surface area (Å²) in [5.41, 5.74) is 1.13. The average molecular weight is 582 g/mol. The van der Waals surface area contributed by atoms with Gasteiger partial charge in [0, 0.05) is 74.2 Å². The molecule has 2 aromatic carbocycles. The first-order valence-electron chi connectivity index (χ1n) is 12.9. The highest BCUT2D eigenvalue weighted by Gasteiger charge is 2.29. The summed E-state index contributed by atoms with van der Waals surface area (Å²) < 4.78 is 28.9. The van der Waals surface area contributed by atoms with Crippen LogP contribution in [-0.2, 0) is 11.2 Å². The monoisotopic (exact) mass is 581 g/mol. The molecule has 40 heavy (non-hydrogen) atoms. The standard InChI is InChI=1S/C28H25ClFN5O4S/c29-17-1-2-22-23(13-17)39-26-24-19(14-21(30)27(26)40-12-3-18-15-31-4-5-32-18)25(36)20(16-35(22)24)28(37)33-6-7-34-8-10-38-11-9-34/h1-2,4-5,13-16H,3,6-12H2,(H,33,37). The number of aryl methyl sites for hydroxylation is 1. The quantitative estimate of drug-likeness (QED) is 0.274. The van der Waals surface area contributed by atoms with Crippen molar-refractivity contribution in [1.82, 2.24) is 24.8 Å². The van der Waals surface area contributed by atoms with E-state index in [1.54, 1.807) is 41.4 Å². The van der Waals surface area contributed by atoms with Gasteiger partial charge in [-0.05, 0) is 18.2 Å². The van der Waals surface area contributed by atoms with Gasteiger partial charge in [-0.2, -0.15) is 0 Å². The third kappa shape index (κ3) is 5.29. The summed E-state index contributed by atoms with van der Waals surface area (Å²) in [7, 11) is 0. The Morgan fingerprint density at radius 3 is 2.85 bits per heavy atom. The molecular weight excluding hydrogens is 557 g/mol. The maximum atomic E-state index is 15.6. The minimum Gasteiger partial charge on any atom is -0.452 e. The predicted octanol–water partition coefficient (Wildman–Crippen LogP) is 4.08. The molecule has 0 bridgehead atoms. The van der Waals surface area contributed by atoms with Crippen molar-refractivity contribution < 1.29 is 18.7 Å². The van der Waals surface area contributed by atoms with Crippen molar-refractivity contribution in [1.29, 1.82) is 0 Å². The molecule has 12 heteroatoms. The zero-order valence-corrected chi connectivity index (χ0v) is 22.9. The summed E-state index contributed by atoms with van der Waals surface area (Å²) in [6, 6.07) is 6.26. The van der Waals surface area contributed by atoms with E-state index in [4.69, 9.17) is 21.1 Å². The number of hydrogen-bond donors (Lipinski definition) is 1. The fourth-order valence-corrected chi connectivity index (χ4v) is 5.98. The first-order valence-corrected chi connectivity index (χ1v) is 14.2. The molecule has 9 nitrogen and oxygen atoms in total. The Morgan fingerprint density at radius 1 is 1.20 bits per heavy atom. The van der Waals surface area contributed by atoms with Gasteiger partial charge in [-0.25, -0.2) is 4.39 Å². The molecule has 1 amide bonds. The van der Waals surface area contributed by atoms with Gasteiger partial charge >= 0.3 is 0 Å². The lowest BCUT2D eigenvalue weighted by molar-refractivity contribution is 0.0383. The lowest BCUT2D eigenvalue weighted by atomic mass is 10.1. The van der Waals surface area contributed by atoms with Crippen molar-refractivity contribution >= 4 is 40.2 Å². The molecule has 0 spiro atoms. The Bertz CT molecular complexity index is 1650. The van der Waals surface area contributed by atoms with Crippen LogP contribution < -0.4 is 15.5 Å². The topological polar surface area (TPSA) is 98.6 Å². The molecule has 0 radical (unpaired) electrons. The van der Waals surface area contributed by atoms with E-state index in [-0.39, 0.29) is 21.6 Å². The van der Waals surface area contributed by atoms with Gasteiger partial charge < -0.3 is 19.4 Å². The molecule has 0 aliphatic carbocycles. The van der Waals surface area contributed by atoms with Crippen molar-refractivity contribution in [3.05, 3.63) is 81.4 Å². The molecule has 0 saturated carbocycles. The van der Waals surface area contributed by atoms with E-state index in [1.165, 1.54) is 24.0 Å². The predicted molar refractivity (Wildman–Crippen MR) is 151 cm³/mol. The van der Waals surface area contributed by atoms with Gasteiger partial charge in [0.2, 0.25) is 5.43 Å². The average Bonchev–Trinajstić information content (AvgIpc) is 2.96. The van der Waals surface area contributed by atoms with Crippen LogP contribution in [0.25, 0.3) is 16.6 Å². The fraction of sp³-hybridized carbons (Fsp3) is 0.286. The lowest BCUT2D eigenvalue weighted by Crippen LogP contribution is -2.42. The number of carbonyl (C=O) groups excluding carboxylic acids is 1. The molecule has 2 aliphatic heterocycles. The molecule has 0 unspecified atom stereocenters. The molecule has 6 rings (SSSR count).